The molecule has 0 radical (unpaired) electrons. The van der Waals surface area contributed by atoms with Crippen LogP contribution < -0.4 is 9.46 Å². The third kappa shape index (κ3) is 3.20. The van der Waals surface area contributed by atoms with Gasteiger partial charge in [-0.05, 0) is 49.3 Å². The number of aromatic nitrogens is 2. The van der Waals surface area contributed by atoms with Crippen molar-refractivity contribution in [1.29, 1.82) is 0 Å². The van der Waals surface area contributed by atoms with E-state index < -0.39 is 21.3 Å². The number of ether oxygens (including phenoxy) is 1. The Bertz CT molecular complexity index is 1290. The predicted molar refractivity (Wildman–Crippen MR) is 117 cm³/mol. The third-order valence-corrected chi connectivity index (χ3v) is 8.10. The minimum atomic E-state index is -4.07. The Morgan fingerprint density at radius 1 is 1.23 bits per heavy atom. The van der Waals surface area contributed by atoms with Crippen LogP contribution in [0, 0.1) is 0 Å². The largest absolute Gasteiger partial charge is 0.496 e. The van der Waals surface area contributed by atoms with Crippen LogP contribution in [-0.2, 0) is 27.3 Å². The summed E-state index contributed by atoms with van der Waals surface area (Å²) in [6.45, 7) is 0. The maximum absolute atomic E-state index is 13.3. The number of carbonyl (C=O) groups is 1. The highest BCUT2D eigenvalue weighted by molar-refractivity contribution is 7.90. The maximum atomic E-state index is 13.3. The van der Waals surface area contributed by atoms with E-state index in [1.54, 1.807) is 32.5 Å². The van der Waals surface area contributed by atoms with Gasteiger partial charge in [0.05, 0.1) is 24.2 Å². The van der Waals surface area contributed by atoms with Crippen molar-refractivity contribution in [3.8, 4) is 5.75 Å². The standard InChI is InChI=1S/C23H25N3O4S/c1-26-21-17(14-24-26)7-4-8-20(21)31(28,29)25-22(27)23(11-12-23)18-13-16(15-5-3-6-15)9-10-19(18)30-2/h4,7-10,13-15H,3,5-6,11-12H2,1-2H3,(H,25,27). The van der Waals surface area contributed by atoms with Crippen LogP contribution in [0.2, 0.25) is 0 Å². The molecular weight excluding hydrogens is 414 g/mol. The van der Waals surface area contributed by atoms with Crippen molar-refractivity contribution in [2.24, 2.45) is 7.05 Å². The van der Waals surface area contributed by atoms with E-state index in [1.165, 1.54) is 22.7 Å². The van der Waals surface area contributed by atoms with E-state index in [-0.39, 0.29) is 4.90 Å². The summed E-state index contributed by atoms with van der Waals surface area (Å²) in [5, 5.41) is 4.85. The van der Waals surface area contributed by atoms with Gasteiger partial charge in [0, 0.05) is 18.0 Å². The smallest absolute Gasteiger partial charge is 0.266 e. The number of rotatable bonds is 6. The van der Waals surface area contributed by atoms with Gasteiger partial charge in [-0.25, -0.2) is 13.1 Å². The molecule has 31 heavy (non-hydrogen) atoms. The second kappa shape index (κ2) is 7.09. The first-order valence-corrected chi connectivity index (χ1v) is 12.0. The summed E-state index contributed by atoms with van der Waals surface area (Å²) in [4.78, 5) is 13.4. The molecule has 1 N–H and O–H groups in total. The minimum absolute atomic E-state index is 0.0457. The molecule has 162 valence electrons. The van der Waals surface area contributed by atoms with Crippen molar-refractivity contribution < 1.29 is 17.9 Å². The van der Waals surface area contributed by atoms with Crippen LogP contribution in [0.25, 0.3) is 10.9 Å². The molecular formula is C23H25N3O4S. The highest BCUT2D eigenvalue weighted by Gasteiger charge is 2.54. The molecule has 1 heterocycles. The number of benzene rings is 2. The lowest BCUT2D eigenvalue weighted by Gasteiger charge is -2.28. The first-order chi connectivity index (χ1) is 14.9. The lowest BCUT2D eigenvalue weighted by molar-refractivity contribution is -0.121. The maximum Gasteiger partial charge on any atom is 0.266 e. The Balaban J connectivity index is 1.50. The van der Waals surface area contributed by atoms with E-state index in [0.717, 1.165) is 18.4 Å². The van der Waals surface area contributed by atoms with Crippen molar-refractivity contribution in [3.63, 3.8) is 0 Å². The van der Waals surface area contributed by atoms with Gasteiger partial charge in [-0.15, -0.1) is 0 Å². The first kappa shape index (κ1) is 20.1. The normalized spacial score (nSPS) is 17.9. The average Bonchev–Trinajstić information content (AvgIpc) is 3.44. The number of nitrogens with zero attached hydrogens (tertiary/aromatic N) is 2. The number of amides is 1. The zero-order valence-electron chi connectivity index (χ0n) is 17.6. The van der Waals surface area contributed by atoms with E-state index in [2.05, 4.69) is 15.9 Å². The molecule has 0 atom stereocenters. The van der Waals surface area contributed by atoms with Gasteiger partial charge in [0.2, 0.25) is 5.91 Å². The highest BCUT2D eigenvalue weighted by atomic mass is 32.2. The molecule has 0 unspecified atom stereocenters. The van der Waals surface area contributed by atoms with E-state index in [0.29, 0.717) is 35.4 Å². The van der Waals surface area contributed by atoms with Crippen LogP contribution in [0.15, 0.2) is 47.5 Å². The van der Waals surface area contributed by atoms with E-state index in [1.807, 2.05) is 12.1 Å². The third-order valence-electron chi connectivity index (χ3n) is 6.74. The summed E-state index contributed by atoms with van der Waals surface area (Å²) in [6, 6.07) is 10.9. The van der Waals surface area contributed by atoms with Crippen molar-refractivity contribution in [1.82, 2.24) is 14.5 Å². The Hall–Kier alpha value is -2.87. The Morgan fingerprint density at radius 3 is 2.65 bits per heavy atom. The Kier molecular flexibility index (Phi) is 4.58. The van der Waals surface area contributed by atoms with E-state index in [4.69, 9.17) is 4.74 Å². The van der Waals surface area contributed by atoms with E-state index >= 15 is 0 Å². The molecule has 2 saturated carbocycles. The van der Waals surface area contributed by atoms with Gasteiger partial charge in [0.25, 0.3) is 10.0 Å². The van der Waals surface area contributed by atoms with Crippen LogP contribution >= 0.6 is 0 Å². The van der Waals surface area contributed by atoms with Crippen molar-refractivity contribution in [3.05, 3.63) is 53.7 Å². The molecule has 2 aliphatic rings. The lowest BCUT2D eigenvalue weighted by Crippen LogP contribution is -2.39. The molecule has 0 aliphatic heterocycles. The monoisotopic (exact) mass is 439 g/mol. The summed E-state index contributed by atoms with van der Waals surface area (Å²) >= 11 is 0. The first-order valence-electron chi connectivity index (χ1n) is 10.5. The van der Waals surface area contributed by atoms with Gasteiger partial charge in [0.1, 0.15) is 10.6 Å². The Labute approximate surface area is 181 Å². The molecule has 2 aliphatic carbocycles. The van der Waals surface area contributed by atoms with Gasteiger partial charge < -0.3 is 4.74 Å². The van der Waals surface area contributed by atoms with Gasteiger partial charge in [-0.2, -0.15) is 5.10 Å². The van der Waals surface area contributed by atoms with Crippen molar-refractivity contribution in [2.75, 3.05) is 7.11 Å². The quantitative estimate of drug-likeness (QED) is 0.636. The van der Waals surface area contributed by atoms with Crippen LogP contribution in [0.5, 0.6) is 5.75 Å². The van der Waals surface area contributed by atoms with Gasteiger partial charge >= 0.3 is 0 Å². The second-order valence-electron chi connectivity index (χ2n) is 8.57. The fourth-order valence-corrected chi connectivity index (χ4v) is 5.84. The van der Waals surface area contributed by atoms with Gasteiger partial charge in [-0.3, -0.25) is 9.48 Å². The molecule has 1 aromatic heterocycles. The SMILES string of the molecule is COc1ccc(C2CCC2)cc1C1(C(=O)NS(=O)(=O)c2cccc3cnn(C)c23)CC1. The van der Waals surface area contributed by atoms with Gasteiger partial charge in [-0.1, -0.05) is 30.7 Å². The second-order valence-corrected chi connectivity index (χ2v) is 10.2. The number of nitrogens with one attached hydrogen (secondary N) is 1. The lowest BCUT2D eigenvalue weighted by atomic mass is 9.78. The summed E-state index contributed by atoms with van der Waals surface area (Å²) in [5.41, 5.74) is 1.57. The fraction of sp³-hybridized carbons (Fsp3) is 0.391. The number of fused-ring (bicyclic) bond motifs is 1. The van der Waals surface area contributed by atoms with Crippen molar-refractivity contribution in [2.45, 2.75) is 48.3 Å². The summed E-state index contributed by atoms with van der Waals surface area (Å²) in [7, 11) is -0.808. The number of para-hydroxylation sites is 1. The molecule has 7 nitrogen and oxygen atoms in total. The molecule has 3 aromatic rings. The number of methoxy groups -OCH3 is 1. The van der Waals surface area contributed by atoms with Crippen LogP contribution in [-0.4, -0.2) is 31.2 Å². The number of hydrogen-bond acceptors (Lipinski definition) is 5. The molecule has 2 fully saturated rings. The topological polar surface area (TPSA) is 90.3 Å². The number of carbonyl (C=O) groups excluding carboxylic acids is 1. The molecule has 1 amide bonds. The summed E-state index contributed by atoms with van der Waals surface area (Å²) in [5.74, 6) is 0.632. The van der Waals surface area contributed by atoms with E-state index in [9.17, 15) is 13.2 Å². The molecule has 0 bridgehead atoms. The molecule has 0 saturated heterocycles. The molecule has 5 rings (SSSR count). The van der Waals surface area contributed by atoms with Crippen LogP contribution in [0.1, 0.15) is 49.1 Å². The highest BCUT2D eigenvalue weighted by Crippen LogP contribution is 2.53. The summed E-state index contributed by atoms with van der Waals surface area (Å²) in [6.07, 6.45) is 6.30. The number of sulfonamides is 1. The molecule has 8 heteroatoms. The predicted octanol–water partition coefficient (Wildman–Crippen LogP) is 3.39. The minimum Gasteiger partial charge on any atom is -0.496 e. The summed E-state index contributed by atoms with van der Waals surface area (Å²) < 4.78 is 35.8. The number of aryl methyl sites for hydroxylation is 1. The van der Waals surface area contributed by atoms with Gasteiger partial charge in [0.15, 0.2) is 0 Å². The zero-order valence-corrected chi connectivity index (χ0v) is 18.4. The molecule has 0 spiro atoms. The van der Waals surface area contributed by atoms with Crippen molar-refractivity contribution >= 4 is 26.8 Å². The molecule has 2 aromatic carbocycles. The Morgan fingerprint density at radius 2 is 2.00 bits per heavy atom. The fourth-order valence-electron chi connectivity index (χ4n) is 4.53. The van der Waals surface area contributed by atoms with Crippen LogP contribution in [0.4, 0.5) is 0 Å². The average molecular weight is 440 g/mol. The van der Waals surface area contributed by atoms with Crippen LogP contribution in [0.3, 0.4) is 0 Å². The zero-order chi connectivity index (χ0) is 21.8. The number of hydrogen-bond donors (Lipinski definition) is 1.